The van der Waals surface area contributed by atoms with Crippen LogP contribution in [0.15, 0.2) is 24.3 Å². The van der Waals surface area contributed by atoms with Crippen LogP contribution in [-0.4, -0.2) is 11.2 Å². The predicted molar refractivity (Wildman–Crippen MR) is 67.7 cm³/mol. The number of aliphatic hydroxyl groups excluding tert-OH is 1. The minimum atomic E-state index is -4.28. The Balaban J connectivity index is 2.03. The fourth-order valence-electron chi connectivity index (χ4n) is 2.83. The molecule has 4 heteroatoms. The van der Waals surface area contributed by atoms with Gasteiger partial charge in [-0.1, -0.05) is 19.1 Å². The number of alkyl halides is 3. The highest BCUT2D eigenvalue weighted by Gasteiger charge is 2.30. The summed E-state index contributed by atoms with van der Waals surface area (Å²) in [6, 6.07) is 5.28. The van der Waals surface area contributed by atoms with Crippen LogP contribution in [0.2, 0.25) is 0 Å². The van der Waals surface area contributed by atoms with E-state index in [2.05, 4.69) is 6.92 Å². The molecular weight excluding hydrogens is 253 g/mol. The summed E-state index contributed by atoms with van der Waals surface area (Å²) in [4.78, 5) is 0. The Morgan fingerprint density at radius 2 is 1.79 bits per heavy atom. The van der Waals surface area contributed by atoms with E-state index in [1.54, 1.807) is 0 Å². The smallest absolute Gasteiger partial charge is 0.393 e. The molecule has 0 aromatic heterocycles. The molecule has 19 heavy (non-hydrogen) atoms. The summed E-state index contributed by atoms with van der Waals surface area (Å²) in [5.41, 5.74) is 0.250. The lowest BCUT2D eigenvalue weighted by molar-refractivity contribution is -0.137. The van der Waals surface area contributed by atoms with Gasteiger partial charge in [0.15, 0.2) is 0 Å². The van der Waals surface area contributed by atoms with Crippen LogP contribution in [0.3, 0.4) is 0 Å². The molecule has 1 N–H and O–H groups in total. The molecule has 0 heterocycles. The molecule has 1 aromatic rings. The van der Waals surface area contributed by atoms with Gasteiger partial charge in [-0.2, -0.15) is 13.2 Å². The molecule has 106 valence electrons. The van der Waals surface area contributed by atoms with Crippen molar-refractivity contribution >= 4 is 0 Å². The van der Waals surface area contributed by atoms with E-state index in [4.69, 9.17) is 0 Å². The molecule has 0 aliphatic heterocycles. The summed E-state index contributed by atoms with van der Waals surface area (Å²) >= 11 is 0. The molecule has 0 amide bonds. The van der Waals surface area contributed by atoms with Crippen LogP contribution in [-0.2, 0) is 12.6 Å². The van der Waals surface area contributed by atoms with Gasteiger partial charge in [0.1, 0.15) is 0 Å². The van der Waals surface area contributed by atoms with Crippen molar-refractivity contribution in [2.24, 2.45) is 11.8 Å². The van der Waals surface area contributed by atoms with Crippen molar-refractivity contribution in [2.75, 3.05) is 0 Å². The van der Waals surface area contributed by atoms with E-state index in [9.17, 15) is 18.3 Å². The Labute approximate surface area is 111 Å². The van der Waals surface area contributed by atoms with Gasteiger partial charge in [0.25, 0.3) is 0 Å². The molecule has 2 rings (SSSR count). The molecule has 1 fully saturated rings. The zero-order chi connectivity index (χ0) is 14.0. The molecule has 0 saturated heterocycles. The molecular formula is C15H19F3O. The normalized spacial score (nSPS) is 28.4. The van der Waals surface area contributed by atoms with E-state index in [1.807, 2.05) is 0 Å². The van der Waals surface area contributed by atoms with E-state index in [1.165, 1.54) is 12.1 Å². The number of hydrogen-bond acceptors (Lipinski definition) is 1. The van der Waals surface area contributed by atoms with Gasteiger partial charge in [0, 0.05) is 0 Å². The fraction of sp³-hybridized carbons (Fsp3) is 0.600. The average molecular weight is 272 g/mol. The Morgan fingerprint density at radius 1 is 1.16 bits per heavy atom. The van der Waals surface area contributed by atoms with E-state index in [0.29, 0.717) is 12.3 Å². The van der Waals surface area contributed by atoms with Crippen molar-refractivity contribution in [2.45, 2.75) is 44.9 Å². The standard InChI is InChI=1S/C15H19F3O/c1-10-2-7-14(19)12(8-10)9-11-3-5-13(6-4-11)15(16,17)18/h3-6,10,12,14,19H,2,7-9H2,1H3. The molecule has 1 aromatic carbocycles. The lowest BCUT2D eigenvalue weighted by Crippen LogP contribution is -2.29. The first kappa shape index (κ1) is 14.4. The van der Waals surface area contributed by atoms with E-state index in [0.717, 1.165) is 37.0 Å². The lowest BCUT2D eigenvalue weighted by atomic mass is 9.77. The summed E-state index contributed by atoms with van der Waals surface area (Å²) in [5.74, 6) is 0.753. The van der Waals surface area contributed by atoms with Crippen molar-refractivity contribution < 1.29 is 18.3 Å². The van der Waals surface area contributed by atoms with E-state index >= 15 is 0 Å². The van der Waals surface area contributed by atoms with Crippen molar-refractivity contribution in [3.8, 4) is 0 Å². The quantitative estimate of drug-likeness (QED) is 0.861. The Bertz CT molecular complexity index is 410. The largest absolute Gasteiger partial charge is 0.416 e. The molecule has 3 unspecified atom stereocenters. The molecule has 1 aliphatic rings. The molecule has 3 atom stereocenters. The first-order valence-electron chi connectivity index (χ1n) is 6.70. The Morgan fingerprint density at radius 3 is 2.37 bits per heavy atom. The minimum absolute atomic E-state index is 0.167. The second-order valence-electron chi connectivity index (χ2n) is 5.64. The van der Waals surface area contributed by atoms with Crippen molar-refractivity contribution in [3.63, 3.8) is 0 Å². The molecule has 1 aliphatic carbocycles. The van der Waals surface area contributed by atoms with Crippen LogP contribution >= 0.6 is 0 Å². The highest BCUT2D eigenvalue weighted by Crippen LogP contribution is 2.33. The van der Waals surface area contributed by atoms with Crippen LogP contribution in [0.25, 0.3) is 0 Å². The molecule has 1 nitrogen and oxygen atoms in total. The minimum Gasteiger partial charge on any atom is -0.393 e. The molecule has 1 saturated carbocycles. The second-order valence-corrected chi connectivity index (χ2v) is 5.64. The summed E-state index contributed by atoms with van der Waals surface area (Å²) < 4.78 is 37.4. The van der Waals surface area contributed by atoms with Gasteiger partial charge >= 0.3 is 6.18 Å². The number of halogens is 3. The maximum absolute atomic E-state index is 12.5. The van der Waals surface area contributed by atoms with E-state index in [-0.39, 0.29) is 12.0 Å². The lowest BCUT2D eigenvalue weighted by Gasteiger charge is -2.31. The van der Waals surface area contributed by atoms with Crippen LogP contribution in [0.1, 0.15) is 37.3 Å². The third-order valence-electron chi connectivity index (χ3n) is 3.98. The average Bonchev–Trinajstić information content (AvgIpc) is 2.33. The maximum Gasteiger partial charge on any atom is 0.416 e. The summed E-state index contributed by atoms with van der Waals surface area (Å²) in [7, 11) is 0. The highest BCUT2D eigenvalue weighted by atomic mass is 19.4. The van der Waals surface area contributed by atoms with Gasteiger partial charge < -0.3 is 5.11 Å². The summed E-state index contributed by atoms with van der Waals surface area (Å²) in [6.07, 6.45) is -1.17. The number of benzene rings is 1. The highest BCUT2D eigenvalue weighted by molar-refractivity contribution is 5.25. The van der Waals surface area contributed by atoms with Gasteiger partial charge in [0.05, 0.1) is 11.7 Å². The topological polar surface area (TPSA) is 20.2 Å². The SMILES string of the molecule is CC1CCC(O)C(Cc2ccc(C(F)(F)F)cc2)C1. The third kappa shape index (κ3) is 3.72. The van der Waals surface area contributed by atoms with Crippen LogP contribution < -0.4 is 0 Å². The predicted octanol–water partition coefficient (Wildman–Crippen LogP) is 4.05. The third-order valence-corrected chi connectivity index (χ3v) is 3.98. The van der Waals surface area contributed by atoms with Crippen LogP contribution in [0.5, 0.6) is 0 Å². The van der Waals surface area contributed by atoms with Gasteiger partial charge in [-0.05, 0) is 55.2 Å². The summed E-state index contributed by atoms with van der Waals surface area (Å²) in [5, 5.41) is 9.95. The van der Waals surface area contributed by atoms with Gasteiger partial charge in [0.2, 0.25) is 0 Å². The van der Waals surface area contributed by atoms with E-state index < -0.39 is 11.7 Å². The molecule has 0 radical (unpaired) electrons. The zero-order valence-corrected chi connectivity index (χ0v) is 11.0. The Kier molecular flexibility index (Phi) is 4.19. The van der Waals surface area contributed by atoms with Crippen molar-refractivity contribution in [1.82, 2.24) is 0 Å². The van der Waals surface area contributed by atoms with Crippen LogP contribution in [0, 0.1) is 11.8 Å². The van der Waals surface area contributed by atoms with Crippen molar-refractivity contribution in [1.29, 1.82) is 0 Å². The van der Waals surface area contributed by atoms with Gasteiger partial charge in [-0.15, -0.1) is 0 Å². The summed E-state index contributed by atoms with van der Waals surface area (Å²) in [6.45, 7) is 2.16. The first-order valence-corrected chi connectivity index (χ1v) is 6.70. The van der Waals surface area contributed by atoms with Gasteiger partial charge in [-0.25, -0.2) is 0 Å². The maximum atomic E-state index is 12.5. The molecule has 0 bridgehead atoms. The van der Waals surface area contributed by atoms with Crippen molar-refractivity contribution in [3.05, 3.63) is 35.4 Å². The monoisotopic (exact) mass is 272 g/mol. The number of hydrogen-bond donors (Lipinski definition) is 1. The van der Waals surface area contributed by atoms with Gasteiger partial charge in [-0.3, -0.25) is 0 Å². The second kappa shape index (κ2) is 5.53. The fourth-order valence-corrected chi connectivity index (χ4v) is 2.83. The number of rotatable bonds is 2. The molecule has 0 spiro atoms. The number of aliphatic hydroxyl groups is 1. The zero-order valence-electron chi connectivity index (χ0n) is 11.0. The first-order chi connectivity index (χ1) is 8.86. The van der Waals surface area contributed by atoms with Crippen LogP contribution in [0.4, 0.5) is 13.2 Å². The Hall–Kier alpha value is -1.03.